The Kier molecular flexibility index (Phi) is 7.17. The van der Waals surface area contributed by atoms with Crippen molar-refractivity contribution < 1.29 is 23.9 Å². The van der Waals surface area contributed by atoms with Crippen molar-refractivity contribution >= 4 is 23.5 Å². The summed E-state index contributed by atoms with van der Waals surface area (Å²) in [6.45, 7) is 0. The number of anilines is 1. The number of carbonyl (C=O) groups is 3. The monoisotopic (exact) mass is 417 g/mol. The van der Waals surface area contributed by atoms with Crippen LogP contribution < -0.4 is 5.32 Å². The number of amides is 1. The smallest absolute Gasteiger partial charge is 0.339 e. The number of rotatable bonds is 7. The molecular formula is C25H23NO5. The molecule has 31 heavy (non-hydrogen) atoms. The van der Waals surface area contributed by atoms with Gasteiger partial charge in [-0.15, -0.1) is 0 Å². The summed E-state index contributed by atoms with van der Waals surface area (Å²) in [5.41, 5.74) is 3.09. The second kappa shape index (κ2) is 10.2. The molecule has 0 aliphatic carbocycles. The van der Waals surface area contributed by atoms with E-state index in [-0.39, 0.29) is 22.7 Å². The lowest BCUT2D eigenvalue weighted by Gasteiger charge is -2.13. The molecule has 0 aliphatic rings. The van der Waals surface area contributed by atoms with Crippen LogP contribution in [-0.4, -0.2) is 32.1 Å². The van der Waals surface area contributed by atoms with Gasteiger partial charge in [0.1, 0.15) is 0 Å². The van der Waals surface area contributed by atoms with E-state index in [4.69, 9.17) is 9.47 Å². The van der Waals surface area contributed by atoms with Crippen LogP contribution in [0.3, 0.4) is 0 Å². The van der Waals surface area contributed by atoms with Crippen LogP contribution in [0.5, 0.6) is 0 Å². The molecule has 1 N–H and O–H groups in total. The average Bonchev–Trinajstić information content (AvgIpc) is 2.82. The Balaban J connectivity index is 1.87. The summed E-state index contributed by atoms with van der Waals surface area (Å²) in [5.74, 6) is -1.57. The number of nitrogens with one attached hydrogen (secondary N) is 1. The maximum Gasteiger partial charge on any atom is 0.339 e. The van der Waals surface area contributed by atoms with Crippen molar-refractivity contribution in [1.82, 2.24) is 0 Å². The first kappa shape index (κ1) is 21.8. The third kappa shape index (κ3) is 5.36. The highest BCUT2D eigenvalue weighted by molar-refractivity contribution is 6.09. The Labute approximate surface area is 180 Å². The summed E-state index contributed by atoms with van der Waals surface area (Å²) in [4.78, 5) is 37.1. The van der Waals surface area contributed by atoms with Crippen molar-refractivity contribution in [1.29, 1.82) is 0 Å². The zero-order chi connectivity index (χ0) is 22.2. The van der Waals surface area contributed by atoms with Crippen LogP contribution >= 0.6 is 0 Å². The Morgan fingerprint density at radius 3 is 2.13 bits per heavy atom. The second-order valence-corrected chi connectivity index (χ2v) is 6.84. The van der Waals surface area contributed by atoms with Crippen molar-refractivity contribution in [2.45, 2.75) is 12.8 Å². The van der Waals surface area contributed by atoms with Crippen molar-refractivity contribution in [3.8, 4) is 0 Å². The number of aryl methyl sites for hydroxylation is 2. The minimum Gasteiger partial charge on any atom is -0.465 e. The molecule has 6 nitrogen and oxygen atoms in total. The van der Waals surface area contributed by atoms with Gasteiger partial charge in [0.25, 0.3) is 5.91 Å². The first-order valence-corrected chi connectivity index (χ1v) is 9.77. The molecule has 1 amide bonds. The lowest BCUT2D eigenvalue weighted by atomic mass is 9.99. The standard InChI is InChI=1S/C25H23NO5/c1-30-24(28)19-14-15-21(25(29)31-2)22(16-19)26-23(27)20-11-7-6-10-18(20)13-12-17-8-4-3-5-9-17/h3-11,14-16H,12-13H2,1-2H3,(H,26,27). The second-order valence-electron chi connectivity index (χ2n) is 6.84. The van der Waals surface area contributed by atoms with Crippen molar-refractivity contribution in [2.24, 2.45) is 0 Å². The lowest BCUT2D eigenvalue weighted by Crippen LogP contribution is -2.18. The minimum atomic E-state index is -0.621. The van der Waals surface area contributed by atoms with E-state index < -0.39 is 11.9 Å². The average molecular weight is 417 g/mol. The molecule has 0 radical (unpaired) electrons. The summed E-state index contributed by atoms with van der Waals surface area (Å²) < 4.78 is 9.53. The van der Waals surface area contributed by atoms with E-state index in [1.165, 1.54) is 38.0 Å². The van der Waals surface area contributed by atoms with Gasteiger partial charge in [-0.3, -0.25) is 4.79 Å². The van der Waals surface area contributed by atoms with Gasteiger partial charge in [0.2, 0.25) is 0 Å². The van der Waals surface area contributed by atoms with Gasteiger partial charge in [0.15, 0.2) is 0 Å². The topological polar surface area (TPSA) is 81.7 Å². The summed E-state index contributed by atoms with van der Waals surface area (Å²) in [6, 6.07) is 21.6. The lowest BCUT2D eigenvalue weighted by molar-refractivity contribution is 0.0587. The molecule has 0 heterocycles. The Hall–Kier alpha value is -3.93. The predicted molar refractivity (Wildman–Crippen MR) is 117 cm³/mol. The van der Waals surface area contributed by atoms with Gasteiger partial charge < -0.3 is 14.8 Å². The van der Waals surface area contributed by atoms with Crippen LogP contribution in [-0.2, 0) is 22.3 Å². The van der Waals surface area contributed by atoms with Crippen LogP contribution in [0, 0.1) is 0 Å². The largest absolute Gasteiger partial charge is 0.465 e. The van der Waals surface area contributed by atoms with Crippen molar-refractivity contribution in [3.63, 3.8) is 0 Å². The van der Waals surface area contributed by atoms with Crippen LogP contribution in [0.2, 0.25) is 0 Å². The van der Waals surface area contributed by atoms with E-state index in [2.05, 4.69) is 5.32 Å². The summed E-state index contributed by atoms with van der Waals surface area (Å²) >= 11 is 0. The number of hydrogen-bond acceptors (Lipinski definition) is 5. The number of methoxy groups -OCH3 is 2. The number of ether oxygens (including phenoxy) is 2. The third-order valence-corrected chi connectivity index (χ3v) is 4.88. The Bertz CT molecular complexity index is 1090. The zero-order valence-electron chi connectivity index (χ0n) is 17.4. The molecule has 3 aromatic rings. The van der Waals surface area contributed by atoms with E-state index in [1.54, 1.807) is 12.1 Å². The maximum atomic E-state index is 13.1. The van der Waals surface area contributed by atoms with Crippen LogP contribution in [0.4, 0.5) is 5.69 Å². The molecule has 0 fully saturated rings. The Morgan fingerprint density at radius 1 is 0.742 bits per heavy atom. The minimum absolute atomic E-state index is 0.144. The molecule has 0 bridgehead atoms. The molecule has 0 saturated heterocycles. The third-order valence-electron chi connectivity index (χ3n) is 4.88. The van der Waals surface area contributed by atoms with Gasteiger partial charge in [-0.2, -0.15) is 0 Å². The van der Waals surface area contributed by atoms with Gasteiger partial charge in [-0.05, 0) is 48.2 Å². The summed E-state index contributed by atoms with van der Waals surface area (Å²) in [5, 5.41) is 2.75. The highest BCUT2D eigenvalue weighted by Gasteiger charge is 2.19. The molecule has 0 atom stereocenters. The molecule has 0 unspecified atom stereocenters. The molecule has 0 saturated carbocycles. The Morgan fingerprint density at radius 2 is 1.42 bits per heavy atom. The molecule has 0 aromatic heterocycles. The van der Waals surface area contributed by atoms with E-state index in [9.17, 15) is 14.4 Å². The van der Waals surface area contributed by atoms with Crippen LogP contribution in [0.15, 0.2) is 72.8 Å². The summed E-state index contributed by atoms with van der Waals surface area (Å²) in [7, 11) is 2.51. The fraction of sp³-hybridized carbons (Fsp3) is 0.160. The number of esters is 2. The zero-order valence-corrected chi connectivity index (χ0v) is 17.4. The van der Waals surface area contributed by atoms with E-state index in [0.29, 0.717) is 12.0 Å². The fourth-order valence-electron chi connectivity index (χ4n) is 3.25. The van der Waals surface area contributed by atoms with Gasteiger partial charge >= 0.3 is 11.9 Å². The van der Waals surface area contributed by atoms with Crippen molar-refractivity contribution in [3.05, 3.63) is 101 Å². The van der Waals surface area contributed by atoms with Gasteiger partial charge in [0, 0.05) is 5.56 Å². The molecule has 3 rings (SSSR count). The van der Waals surface area contributed by atoms with Gasteiger partial charge in [0.05, 0.1) is 31.0 Å². The first-order valence-electron chi connectivity index (χ1n) is 9.77. The quantitative estimate of drug-likeness (QED) is 0.580. The highest BCUT2D eigenvalue weighted by Crippen LogP contribution is 2.22. The molecule has 3 aromatic carbocycles. The molecular weight excluding hydrogens is 394 g/mol. The molecule has 0 spiro atoms. The summed E-state index contributed by atoms with van der Waals surface area (Å²) in [6.07, 6.45) is 1.47. The molecule has 158 valence electrons. The van der Waals surface area contributed by atoms with Gasteiger partial charge in [-0.25, -0.2) is 9.59 Å². The SMILES string of the molecule is COC(=O)c1ccc(C(=O)OC)c(NC(=O)c2ccccc2CCc2ccccc2)c1. The van der Waals surface area contributed by atoms with Gasteiger partial charge in [-0.1, -0.05) is 48.5 Å². The van der Waals surface area contributed by atoms with E-state index >= 15 is 0 Å². The molecule has 6 heteroatoms. The van der Waals surface area contributed by atoms with Crippen LogP contribution in [0.25, 0.3) is 0 Å². The number of benzene rings is 3. The number of hydrogen-bond donors (Lipinski definition) is 1. The normalized spacial score (nSPS) is 10.3. The highest BCUT2D eigenvalue weighted by atomic mass is 16.5. The maximum absolute atomic E-state index is 13.1. The van der Waals surface area contributed by atoms with Crippen molar-refractivity contribution in [2.75, 3.05) is 19.5 Å². The first-order chi connectivity index (χ1) is 15.0. The molecule has 0 aliphatic heterocycles. The fourth-order valence-corrected chi connectivity index (χ4v) is 3.25. The van der Waals surface area contributed by atoms with E-state index in [1.807, 2.05) is 42.5 Å². The predicted octanol–water partition coefficient (Wildman–Crippen LogP) is 4.30. The van der Waals surface area contributed by atoms with Crippen LogP contribution in [0.1, 0.15) is 42.2 Å². The van der Waals surface area contributed by atoms with E-state index in [0.717, 1.165) is 12.0 Å². The number of carbonyl (C=O) groups excluding carboxylic acids is 3.